The summed E-state index contributed by atoms with van der Waals surface area (Å²) in [5.74, 6) is -1.07. The number of piperidine rings is 2. The number of rotatable bonds is 26. The molecule has 0 spiro atoms. The van der Waals surface area contributed by atoms with Crippen molar-refractivity contribution in [2.24, 2.45) is 0 Å². The van der Waals surface area contributed by atoms with E-state index in [1.54, 1.807) is 55.5 Å². The number of amides is 6. The van der Waals surface area contributed by atoms with Crippen LogP contribution in [0.5, 0.6) is 40.2 Å². The highest BCUT2D eigenvalue weighted by Gasteiger charge is 2.46. The van der Waals surface area contributed by atoms with Gasteiger partial charge in [0.15, 0.2) is 29.6 Å². The molecule has 2 fully saturated rings. The van der Waals surface area contributed by atoms with Gasteiger partial charge in [0, 0.05) is 25.1 Å². The molecule has 3 aliphatic heterocycles. The maximum atomic E-state index is 14.6. The van der Waals surface area contributed by atoms with Crippen molar-refractivity contribution >= 4 is 41.4 Å². The molecule has 76 heavy (non-hydrogen) atoms. The SMILES string of the molecule is CC[C@H](C(=O)N1CCCC[C@H]1C(=O)O[C@H](CCc1ccc(OC)c(OC)c1)c1ccccc1OCC(=O)NCCCCCCOc1cccc2c1C(=O)N(C1CCC(=O)NC1=O)C2=O)c1cc(OC)c(OC)c(OC)c1. The normalized spacial score (nSPS) is 17.0. The number of carbonyl (C=O) groups is 7. The lowest BCUT2D eigenvalue weighted by Gasteiger charge is -2.37. The van der Waals surface area contributed by atoms with E-state index in [1.165, 1.54) is 27.4 Å². The van der Waals surface area contributed by atoms with Gasteiger partial charge >= 0.3 is 5.97 Å². The third-order valence-corrected chi connectivity index (χ3v) is 14.0. The van der Waals surface area contributed by atoms with Crippen LogP contribution in [0.25, 0.3) is 0 Å². The fraction of sp³-hybridized carbons (Fsp3) is 0.456. The molecule has 2 N–H and O–H groups in total. The largest absolute Gasteiger partial charge is 0.493 e. The number of unbranched alkanes of at least 4 members (excludes halogenated alkanes) is 3. The van der Waals surface area contributed by atoms with E-state index in [4.69, 9.17) is 37.9 Å². The predicted molar refractivity (Wildman–Crippen MR) is 277 cm³/mol. The molecule has 4 aromatic carbocycles. The van der Waals surface area contributed by atoms with Crippen molar-refractivity contribution in [2.75, 3.05) is 61.9 Å². The summed E-state index contributed by atoms with van der Waals surface area (Å²) in [6.07, 6.45) is 5.19. The first-order valence-electron chi connectivity index (χ1n) is 25.8. The van der Waals surface area contributed by atoms with Crippen LogP contribution in [0, 0.1) is 0 Å². The number of para-hydroxylation sites is 1. The quantitative estimate of drug-likeness (QED) is 0.0365. The van der Waals surface area contributed by atoms with E-state index in [-0.39, 0.29) is 54.7 Å². The first-order chi connectivity index (χ1) is 36.8. The summed E-state index contributed by atoms with van der Waals surface area (Å²) in [4.78, 5) is 95.6. The highest BCUT2D eigenvalue weighted by molar-refractivity contribution is 6.24. The second-order valence-corrected chi connectivity index (χ2v) is 18.7. The third-order valence-electron chi connectivity index (χ3n) is 14.0. The average Bonchev–Trinajstić information content (AvgIpc) is 3.70. The van der Waals surface area contributed by atoms with Crippen molar-refractivity contribution in [1.29, 1.82) is 0 Å². The van der Waals surface area contributed by atoms with Gasteiger partial charge in [-0.1, -0.05) is 50.1 Å². The van der Waals surface area contributed by atoms with Crippen LogP contribution in [0.4, 0.5) is 0 Å². The highest BCUT2D eigenvalue weighted by Crippen LogP contribution is 2.42. The van der Waals surface area contributed by atoms with Crippen LogP contribution in [-0.4, -0.2) is 125 Å². The predicted octanol–water partition coefficient (Wildman–Crippen LogP) is 7.06. The Morgan fingerprint density at radius 2 is 1.45 bits per heavy atom. The lowest BCUT2D eigenvalue weighted by molar-refractivity contribution is -0.162. The zero-order valence-electron chi connectivity index (χ0n) is 44.1. The summed E-state index contributed by atoms with van der Waals surface area (Å²) >= 11 is 0. The van der Waals surface area contributed by atoms with E-state index < -0.39 is 53.7 Å². The van der Waals surface area contributed by atoms with Crippen LogP contribution < -0.4 is 43.8 Å². The van der Waals surface area contributed by atoms with Crippen LogP contribution in [0.15, 0.2) is 72.8 Å². The molecule has 3 aliphatic rings. The van der Waals surface area contributed by atoms with Crippen molar-refractivity contribution in [3.05, 3.63) is 101 Å². The van der Waals surface area contributed by atoms with E-state index in [9.17, 15) is 33.6 Å². The van der Waals surface area contributed by atoms with Crippen LogP contribution in [0.2, 0.25) is 0 Å². The van der Waals surface area contributed by atoms with Gasteiger partial charge in [-0.15, -0.1) is 0 Å². The topological polar surface area (TPSA) is 224 Å². The molecule has 0 aliphatic carbocycles. The van der Waals surface area contributed by atoms with Gasteiger partial charge < -0.3 is 48.1 Å². The van der Waals surface area contributed by atoms with E-state index in [1.807, 2.05) is 37.3 Å². The smallest absolute Gasteiger partial charge is 0.329 e. The standard InChI is InChI=1S/C57H68N4O15/c1-7-37(36-32-47(71-4)52(73-6)48(33-36)72-5)54(65)60-29-14-12-19-41(60)57(68)76-43(25-22-35-23-26-44(69-2)46(31-35)70-3)38-17-10-11-20-42(38)75-34-50(63)58-28-13-8-9-15-30-74-45-21-16-18-39-51(45)56(67)61(55(39)66)40-24-27-49(62)59-53(40)64/h10-11,16-18,20-21,23,26,31-33,37,40-41,43H,7-9,12-15,19,22,24-25,27-30,34H2,1-6H3,(H,58,63)(H,59,62,64)/t37-,40?,41-,43+/m0/s1. The van der Waals surface area contributed by atoms with Crippen LogP contribution in [0.1, 0.15) is 127 Å². The molecule has 0 bridgehead atoms. The zero-order valence-corrected chi connectivity index (χ0v) is 44.1. The van der Waals surface area contributed by atoms with Crippen LogP contribution in [0.3, 0.4) is 0 Å². The number of nitrogens with zero attached hydrogens (tertiary/aromatic N) is 2. The minimum atomic E-state index is -1.07. The molecule has 19 nitrogen and oxygen atoms in total. The van der Waals surface area contributed by atoms with Gasteiger partial charge in [-0.05, 0) is 111 Å². The average molecular weight is 1050 g/mol. The van der Waals surface area contributed by atoms with E-state index in [2.05, 4.69) is 10.6 Å². The first-order valence-corrected chi connectivity index (χ1v) is 25.8. The van der Waals surface area contributed by atoms with Crippen molar-refractivity contribution in [1.82, 2.24) is 20.4 Å². The summed E-state index contributed by atoms with van der Waals surface area (Å²) < 4.78 is 46.3. The minimum absolute atomic E-state index is 0.0272. The summed E-state index contributed by atoms with van der Waals surface area (Å²) in [5.41, 5.74) is 2.39. The van der Waals surface area contributed by atoms with E-state index >= 15 is 0 Å². The van der Waals surface area contributed by atoms with Crippen LogP contribution in [-0.2, 0) is 35.1 Å². The molecule has 6 amide bonds. The molecule has 0 saturated carbocycles. The molecule has 4 aromatic rings. The maximum absolute atomic E-state index is 14.6. The number of hydrogen-bond donors (Lipinski definition) is 2. The zero-order chi connectivity index (χ0) is 54.3. The Balaban J connectivity index is 0.951. The van der Waals surface area contributed by atoms with Gasteiger partial charge in [-0.3, -0.25) is 39.0 Å². The second kappa shape index (κ2) is 26.6. The monoisotopic (exact) mass is 1050 g/mol. The Kier molecular flexibility index (Phi) is 19.6. The number of imide groups is 2. The van der Waals surface area contributed by atoms with Gasteiger partial charge in [-0.25, -0.2) is 4.79 Å². The lowest BCUT2D eigenvalue weighted by atomic mass is 9.91. The van der Waals surface area contributed by atoms with Gasteiger partial charge in [-0.2, -0.15) is 0 Å². The number of ether oxygens (including phenoxy) is 8. The maximum Gasteiger partial charge on any atom is 0.329 e. The first kappa shape index (κ1) is 55.9. The number of benzene rings is 4. The van der Waals surface area contributed by atoms with Crippen LogP contribution >= 0.6 is 0 Å². The number of hydrogen-bond acceptors (Lipinski definition) is 15. The van der Waals surface area contributed by atoms with Gasteiger partial charge in [0.2, 0.25) is 23.5 Å². The molecule has 0 radical (unpaired) electrons. The third kappa shape index (κ3) is 13.0. The van der Waals surface area contributed by atoms with Crippen molar-refractivity contribution in [2.45, 2.75) is 108 Å². The van der Waals surface area contributed by atoms with Crippen molar-refractivity contribution in [3.63, 3.8) is 0 Å². The molecule has 19 heteroatoms. The fourth-order valence-electron chi connectivity index (χ4n) is 9.99. The number of aryl methyl sites for hydroxylation is 1. The Morgan fingerprint density at radius 1 is 0.724 bits per heavy atom. The molecule has 406 valence electrons. The van der Waals surface area contributed by atoms with Gasteiger partial charge in [0.1, 0.15) is 29.7 Å². The van der Waals surface area contributed by atoms with Gasteiger partial charge in [0.05, 0.1) is 59.2 Å². The molecule has 0 aromatic heterocycles. The number of likely N-dealkylation sites (tertiary alicyclic amines) is 1. The Bertz CT molecular complexity index is 2740. The molecule has 1 unspecified atom stereocenters. The number of nitrogens with one attached hydrogen (secondary N) is 2. The minimum Gasteiger partial charge on any atom is -0.493 e. The van der Waals surface area contributed by atoms with Gasteiger partial charge in [0.25, 0.3) is 17.7 Å². The number of esters is 1. The second-order valence-electron chi connectivity index (χ2n) is 18.7. The summed E-state index contributed by atoms with van der Waals surface area (Å²) in [7, 11) is 7.68. The number of methoxy groups -OCH3 is 5. The number of fused-ring (bicyclic) bond motifs is 1. The van der Waals surface area contributed by atoms with Crippen molar-refractivity contribution in [3.8, 4) is 40.2 Å². The van der Waals surface area contributed by atoms with E-state index in [0.717, 1.165) is 36.1 Å². The molecule has 3 heterocycles. The molecular formula is C57H68N4O15. The highest BCUT2D eigenvalue weighted by atomic mass is 16.6. The summed E-state index contributed by atoms with van der Waals surface area (Å²) in [6.45, 7) is 2.66. The Morgan fingerprint density at radius 3 is 2.16 bits per heavy atom. The summed E-state index contributed by atoms with van der Waals surface area (Å²) in [6, 6.07) is 19.1. The lowest BCUT2D eigenvalue weighted by Crippen LogP contribution is -2.54. The van der Waals surface area contributed by atoms with E-state index in [0.29, 0.717) is 97.2 Å². The Labute approximate surface area is 442 Å². The fourth-order valence-corrected chi connectivity index (χ4v) is 9.99. The molecule has 7 rings (SSSR count). The molecular weight excluding hydrogens is 981 g/mol. The van der Waals surface area contributed by atoms with Crippen molar-refractivity contribution < 1.29 is 71.5 Å². The number of carbonyl (C=O) groups excluding carboxylic acids is 7. The summed E-state index contributed by atoms with van der Waals surface area (Å²) in [5, 5.41) is 5.11. The Hall–Kier alpha value is -7.83. The molecule has 2 saturated heterocycles. The molecule has 4 atom stereocenters.